The zero-order valence-electron chi connectivity index (χ0n) is 12.4. The van der Waals surface area contributed by atoms with E-state index in [0.29, 0.717) is 17.2 Å². The van der Waals surface area contributed by atoms with Crippen molar-refractivity contribution in [2.75, 3.05) is 6.26 Å². The quantitative estimate of drug-likeness (QED) is 0.872. The van der Waals surface area contributed by atoms with Gasteiger partial charge in [-0.2, -0.15) is 11.8 Å². The van der Waals surface area contributed by atoms with E-state index in [-0.39, 0.29) is 17.7 Å². The first kappa shape index (κ1) is 15.8. The van der Waals surface area contributed by atoms with Crippen LogP contribution in [0.1, 0.15) is 49.8 Å². The fourth-order valence-electron chi connectivity index (χ4n) is 2.90. The van der Waals surface area contributed by atoms with Crippen LogP contribution >= 0.6 is 11.8 Å². The van der Waals surface area contributed by atoms with E-state index in [1.165, 1.54) is 25.0 Å². The smallest absolute Gasteiger partial charge is 0.128 e. The first-order valence-corrected chi connectivity index (χ1v) is 8.54. The molecule has 1 atom stereocenters. The number of hydrogen-bond acceptors (Lipinski definition) is 2. The number of rotatable bonds is 4. The van der Waals surface area contributed by atoms with Gasteiger partial charge >= 0.3 is 0 Å². The summed E-state index contributed by atoms with van der Waals surface area (Å²) in [5, 5.41) is 4.21. The standard InChI is InChI=1S/C16H23F2NS/c1-10-8-16(18)14(9-15(10)17)11(2)19-12-4-6-13(20-3)7-5-12/h8-9,11-13,19H,4-7H2,1-3H3. The molecule has 1 unspecified atom stereocenters. The number of thioether (sulfide) groups is 1. The minimum absolute atomic E-state index is 0.152. The third-order valence-corrected chi connectivity index (χ3v) is 5.38. The Morgan fingerprint density at radius 3 is 2.40 bits per heavy atom. The molecule has 20 heavy (non-hydrogen) atoms. The summed E-state index contributed by atoms with van der Waals surface area (Å²) in [4.78, 5) is 0. The Morgan fingerprint density at radius 1 is 1.15 bits per heavy atom. The van der Waals surface area contributed by atoms with Gasteiger partial charge in [-0.05, 0) is 63.5 Å². The van der Waals surface area contributed by atoms with Gasteiger partial charge in [0.05, 0.1) is 0 Å². The van der Waals surface area contributed by atoms with Crippen LogP contribution in [0.5, 0.6) is 0 Å². The van der Waals surface area contributed by atoms with Crippen LogP contribution in [0.15, 0.2) is 12.1 Å². The lowest BCUT2D eigenvalue weighted by Gasteiger charge is -2.30. The summed E-state index contributed by atoms with van der Waals surface area (Å²) in [5.41, 5.74) is 0.791. The second-order valence-corrected chi connectivity index (χ2v) is 6.86. The third kappa shape index (κ3) is 3.73. The van der Waals surface area contributed by atoms with Gasteiger partial charge in [-0.3, -0.25) is 0 Å². The van der Waals surface area contributed by atoms with Crippen molar-refractivity contribution in [1.29, 1.82) is 0 Å². The van der Waals surface area contributed by atoms with Gasteiger partial charge in [-0.25, -0.2) is 8.78 Å². The molecule has 2 rings (SSSR count). The topological polar surface area (TPSA) is 12.0 Å². The van der Waals surface area contributed by atoms with Crippen molar-refractivity contribution in [2.45, 2.75) is 56.9 Å². The fourth-order valence-corrected chi connectivity index (χ4v) is 3.65. The van der Waals surface area contributed by atoms with Crippen LogP contribution in [0.2, 0.25) is 0 Å². The van der Waals surface area contributed by atoms with E-state index in [2.05, 4.69) is 11.6 Å². The van der Waals surface area contributed by atoms with Gasteiger partial charge in [0.25, 0.3) is 0 Å². The zero-order valence-corrected chi connectivity index (χ0v) is 13.2. The lowest BCUT2D eigenvalue weighted by atomic mass is 9.93. The zero-order chi connectivity index (χ0) is 14.7. The van der Waals surface area contributed by atoms with Crippen LogP contribution in [0, 0.1) is 18.6 Å². The van der Waals surface area contributed by atoms with E-state index in [4.69, 9.17) is 0 Å². The van der Waals surface area contributed by atoms with Crippen LogP contribution in [-0.4, -0.2) is 17.5 Å². The number of aryl methyl sites for hydroxylation is 1. The molecule has 0 bridgehead atoms. The second-order valence-electron chi connectivity index (χ2n) is 5.72. The minimum atomic E-state index is -0.332. The maximum absolute atomic E-state index is 13.9. The van der Waals surface area contributed by atoms with Crippen molar-refractivity contribution in [1.82, 2.24) is 5.32 Å². The summed E-state index contributed by atoms with van der Waals surface area (Å²) >= 11 is 1.93. The highest BCUT2D eigenvalue weighted by Gasteiger charge is 2.23. The van der Waals surface area contributed by atoms with Gasteiger partial charge in [0.15, 0.2) is 0 Å². The number of halogens is 2. The van der Waals surface area contributed by atoms with Crippen LogP contribution in [0.25, 0.3) is 0 Å². The molecular weight excluding hydrogens is 276 g/mol. The van der Waals surface area contributed by atoms with Crippen LogP contribution < -0.4 is 5.32 Å². The van der Waals surface area contributed by atoms with E-state index in [9.17, 15) is 8.78 Å². The molecule has 0 spiro atoms. The first-order valence-electron chi connectivity index (χ1n) is 7.25. The lowest BCUT2D eigenvalue weighted by Crippen LogP contribution is -2.35. The summed E-state index contributed by atoms with van der Waals surface area (Å²) in [6.07, 6.45) is 6.80. The maximum atomic E-state index is 13.9. The van der Waals surface area contributed by atoms with E-state index in [0.717, 1.165) is 18.1 Å². The van der Waals surface area contributed by atoms with E-state index in [1.807, 2.05) is 18.7 Å². The molecule has 4 heteroatoms. The monoisotopic (exact) mass is 299 g/mol. The predicted molar refractivity (Wildman–Crippen MR) is 82.2 cm³/mol. The number of benzene rings is 1. The Balaban J connectivity index is 1.98. The van der Waals surface area contributed by atoms with Gasteiger partial charge in [-0.1, -0.05) is 0 Å². The third-order valence-electron chi connectivity index (χ3n) is 4.24. The molecule has 0 saturated heterocycles. The summed E-state index contributed by atoms with van der Waals surface area (Å²) < 4.78 is 27.5. The largest absolute Gasteiger partial charge is 0.307 e. The molecule has 1 N–H and O–H groups in total. The van der Waals surface area contributed by atoms with Crippen molar-refractivity contribution in [3.63, 3.8) is 0 Å². The summed E-state index contributed by atoms with van der Waals surface area (Å²) in [5.74, 6) is -0.650. The number of hydrogen-bond donors (Lipinski definition) is 1. The summed E-state index contributed by atoms with van der Waals surface area (Å²) in [6.45, 7) is 3.50. The molecule has 0 amide bonds. The van der Waals surface area contributed by atoms with Gasteiger partial charge in [0.1, 0.15) is 11.6 Å². The molecule has 1 fully saturated rings. The van der Waals surface area contributed by atoms with Gasteiger partial charge < -0.3 is 5.32 Å². The Kier molecular flexibility index (Phi) is 5.44. The molecule has 1 saturated carbocycles. The van der Waals surface area contributed by atoms with Crippen molar-refractivity contribution in [2.24, 2.45) is 0 Å². The van der Waals surface area contributed by atoms with E-state index in [1.54, 1.807) is 6.92 Å². The van der Waals surface area contributed by atoms with E-state index >= 15 is 0 Å². The van der Waals surface area contributed by atoms with Crippen molar-refractivity contribution < 1.29 is 8.78 Å². The van der Waals surface area contributed by atoms with E-state index < -0.39 is 0 Å². The molecule has 1 aromatic carbocycles. The average molecular weight is 299 g/mol. The van der Waals surface area contributed by atoms with Crippen LogP contribution in [0.4, 0.5) is 8.78 Å². The highest BCUT2D eigenvalue weighted by molar-refractivity contribution is 7.99. The fraction of sp³-hybridized carbons (Fsp3) is 0.625. The van der Waals surface area contributed by atoms with Crippen LogP contribution in [0.3, 0.4) is 0 Å². The van der Waals surface area contributed by atoms with Gasteiger partial charge in [-0.15, -0.1) is 0 Å². The predicted octanol–water partition coefficient (Wildman–Crippen LogP) is 4.60. The Labute approximate surface area is 124 Å². The molecule has 0 radical (unpaired) electrons. The van der Waals surface area contributed by atoms with Crippen molar-refractivity contribution in [3.8, 4) is 0 Å². The van der Waals surface area contributed by atoms with Crippen molar-refractivity contribution >= 4 is 11.8 Å². The minimum Gasteiger partial charge on any atom is -0.307 e. The molecule has 1 aliphatic carbocycles. The summed E-state index contributed by atoms with van der Waals surface area (Å²) in [6, 6.07) is 2.88. The van der Waals surface area contributed by atoms with Crippen LogP contribution in [-0.2, 0) is 0 Å². The highest BCUT2D eigenvalue weighted by atomic mass is 32.2. The Hall–Kier alpha value is -0.610. The number of nitrogens with one attached hydrogen (secondary N) is 1. The molecular formula is C16H23F2NS. The maximum Gasteiger partial charge on any atom is 0.128 e. The molecule has 1 aliphatic rings. The van der Waals surface area contributed by atoms with Crippen molar-refractivity contribution in [3.05, 3.63) is 34.9 Å². The molecule has 0 heterocycles. The second kappa shape index (κ2) is 6.90. The summed E-state index contributed by atoms with van der Waals surface area (Å²) in [7, 11) is 0. The molecule has 0 aliphatic heterocycles. The van der Waals surface area contributed by atoms with Gasteiger partial charge in [0, 0.05) is 22.9 Å². The molecule has 0 aromatic heterocycles. The molecule has 1 aromatic rings. The molecule has 1 nitrogen and oxygen atoms in total. The average Bonchev–Trinajstić information content (AvgIpc) is 2.43. The lowest BCUT2D eigenvalue weighted by molar-refractivity contribution is 0.348. The Morgan fingerprint density at radius 2 is 1.80 bits per heavy atom. The SMILES string of the molecule is CSC1CCC(NC(C)c2cc(F)c(C)cc2F)CC1. The normalized spacial score (nSPS) is 24.6. The Bertz CT molecular complexity index is 456. The highest BCUT2D eigenvalue weighted by Crippen LogP contribution is 2.29. The first-order chi connectivity index (χ1) is 9.51. The molecule has 112 valence electrons. The van der Waals surface area contributed by atoms with Gasteiger partial charge in [0.2, 0.25) is 0 Å².